The van der Waals surface area contributed by atoms with E-state index in [1.54, 1.807) is 56.3 Å². The van der Waals surface area contributed by atoms with Crippen LogP contribution in [0, 0.1) is 19.7 Å². The highest BCUT2D eigenvalue weighted by Crippen LogP contribution is 2.61. The monoisotopic (exact) mass is 645 g/mol. The standard InChI is InChI=1S/C35H37FN3O6P/c1-6-44-46(41,45-7-2)34(37-27-19-23(3)18-24(4)20-27)25-12-17-31(32(21-25)42-5)43-22-33-38-30-11-9-8-10-29(30)35(40)39(33)28-15-13-26(36)14-16-28/h8-21,34,37H,6-7,22H2,1-5H3. The fourth-order valence-corrected chi connectivity index (χ4v) is 7.28. The molecule has 0 saturated heterocycles. The fourth-order valence-electron chi connectivity index (χ4n) is 5.35. The Morgan fingerprint density at radius 3 is 2.22 bits per heavy atom. The molecule has 11 heteroatoms. The van der Waals surface area contributed by atoms with Gasteiger partial charge in [0.2, 0.25) is 0 Å². The number of para-hydroxylation sites is 1. The first-order chi connectivity index (χ1) is 22.1. The summed E-state index contributed by atoms with van der Waals surface area (Å²) in [4.78, 5) is 18.3. The number of halogens is 1. The maximum atomic E-state index is 14.2. The topological polar surface area (TPSA) is 101 Å². The molecule has 0 saturated carbocycles. The quantitative estimate of drug-likeness (QED) is 0.128. The van der Waals surface area contributed by atoms with Crippen LogP contribution in [0.4, 0.5) is 10.1 Å². The Kier molecular flexibility index (Phi) is 10.2. The highest BCUT2D eigenvalue weighted by molar-refractivity contribution is 7.54. The van der Waals surface area contributed by atoms with Crippen molar-refractivity contribution in [2.45, 2.75) is 40.1 Å². The van der Waals surface area contributed by atoms with Gasteiger partial charge in [0, 0.05) is 5.69 Å². The highest BCUT2D eigenvalue weighted by atomic mass is 31.2. The summed E-state index contributed by atoms with van der Waals surface area (Å²) in [6.07, 6.45) is 0. The second-order valence-corrected chi connectivity index (χ2v) is 12.8. The number of hydrogen-bond acceptors (Lipinski definition) is 8. The summed E-state index contributed by atoms with van der Waals surface area (Å²) in [6.45, 7) is 7.80. The molecule has 0 fully saturated rings. The van der Waals surface area contributed by atoms with Gasteiger partial charge in [-0.15, -0.1) is 0 Å². The van der Waals surface area contributed by atoms with E-state index >= 15 is 0 Å². The Bertz CT molecular complexity index is 1920. The van der Waals surface area contributed by atoms with E-state index < -0.39 is 19.2 Å². The minimum Gasteiger partial charge on any atom is -0.493 e. The van der Waals surface area contributed by atoms with E-state index in [1.807, 2.05) is 26.0 Å². The van der Waals surface area contributed by atoms with Crippen LogP contribution < -0.4 is 20.3 Å². The number of fused-ring (bicyclic) bond motifs is 1. The summed E-state index contributed by atoms with van der Waals surface area (Å²) in [5.41, 5.74) is 4.12. The zero-order valence-electron chi connectivity index (χ0n) is 26.5. The van der Waals surface area contributed by atoms with E-state index in [1.165, 1.54) is 35.9 Å². The summed E-state index contributed by atoms with van der Waals surface area (Å²) in [5.74, 6) is -0.236. The Morgan fingerprint density at radius 2 is 1.57 bits per heavy atom. The SMILES string of the molecule is CCOP(=O)(OCC)C(Nc1cc(C)cc(C)c1)c1ccc(OCc2nc3ccccc3c(=O)n2-c2ccc(F)cc2)c(OC)c1. The van der Waals surface area contributed by atoms with E-state index in [-0.39, 0.29) is 25.4 Å². The number of benzene rings is 4. The zero-order valence-corrected chi connectivity index (χ0v) is 27.3. The number of methoxy groups -OCH3 is 1. The van der Waals surface area contributed by atoms with Gasteiger partial charge in [-0.3, -0.25) is 13.9 Å². The summed E-state index contributed by atoms with van der Waals surface area (Å²) in [7, 11) is -2.21. The Labute approximate surface area is 267 Å². The normalized spacial score (nSPS) is 12.2. The van der Waals surface area contributed by atoms with Crippen molar-refractivity contribution in [1.82, 2.24) is 9.55 Å². The van der Waals surface area contributed by atoms with Crippen molar-refractivity contribution >= 4 is 24.2 Å². The first-order valence-corrected chi connectivity index (χ1v) is 16.6. The van der Waals surface area contributed by atoms with E-state index in [4.69, 9.17) is 23.5 Å². The lowest BCUT2D eigenvalue weighted by molar-refractivity contribution is 0.214. The van der Waals surface area contributed by atoms with Crippen molar-refractivity contribution < 1.29 is 27.5 Å². The first-order valence-electron chi connectivity index (χ1n) is 15.0. The van der Waals surface area contributed by atoms with Gasteiger partial charge in [0.05, 0.1) is 36.9 Å². The van der Waals surface area contributed by atoms with Crippen LogP contribution in [-0.4, -0.2) is 29.9 Å². The number of nitrogens with zero attached hydrogens (tertiary/aromatic N) is 2. The number of hydrogen-bond donors (Lipinski definition) is 1. The number of nitrogens with one attached hydrogen (secondary N) is 1. The van der Waals surface area contributed by atoms with E-state index in [0.717, 1.165) is 16.8 Å². The van der Waals surface area contributed by atoms with Crippen LogP contribution in [-0.2, 0) is 20.2 Å². The molecule has 0 spiro atoms. The first kappa shape index (κ1) is 32.9. The van der Waals surface area contributed by atoms with Crippen molar-refractivity contribution in [3.05, 3.63) is 124 Å². The molecule has 1 unspecified atom stereocenters. The second-order valence-electron chi connectivity index (χ2n) is 10.7. The van der Waals surface area contributed by atoms with Crippen molar-refractivity contribution in [2.24, 2.45) is 0 Å². The second kappa shape index (κ2) is 14.3. The molecule has 0 radical (unpaired) electrons. The molecule has 0 amide bonds. The fraction of sp³-hybridized carbons (Fsp3) is 0.257. The molecule has 0 aliphatic rings. The molecule has 5 rings (SSSR count). The summed E-state index contributed by atoms with van der Waals surface area (Å²) < 4.78 is 52.8. The van der Waals surface area contributed by atoms with Crippen LogP contribution >= 0.6 is 7.60 Å². The molecule has 1 N–H and O–H groups in total. The van der Waals surface area contributed by atoms with Gasteiger partial charge in [0.15, 0.2) is 23.1 Å². The molecule has 46 heavy (non-hydrogen) atoms. The molecule has 1 heterocycles. The Balaban J connectivity index is 1.52. The highest BCUT2D eigenvalue weighted by Gasteiger charge is 2.37. The van der Waals surface area contributed by atoms with Gasteiger partial charge in [-0.25, -0.2) is 9.37 Å². The summed E-state index contributed by atoms with van der Waals surface area (Å²) in [5, 5.41) is 3.81. The van der Waals surface area contributed by atoms with Crippen LogP contribution in [0.1, 0.15) is 42.1 Å². The minimum absolute atomic E-state index is 0.103. The molecule has 0 aliphatic heterocycles. The van der Waals surface area contributed by atoms with Gasteiger partial charge in [-0.05, 0) is 105 Å². The maximum absolute atomic E-state index is 14.2. The van der Waals surface area contributed by atoms with Gasteiger partial charge in [-0.1, -0.05) is 24.3 Å². The minimum atomic E-state index is -3.71. The predicted octanol–water partition coefficient (Wildman–Crippen LogP) is 8.11. The lowest BCUT2D eigenvalue weighted by Crippen LogP contribution is -2.25. The number of rotatable bonds is 13. The molecule has 1 aromatic heterocycles. The van der Waals surface area contributed by atoms with E-state index in [9.17, 15) is 13.8 Å². The lowest BCUT2D eigenvalue weighted by Gasteiger charge is -2.29. The molecular formula is C35H37FN3O6P. The number of ether oxygens (including phenoxy) is 2. The van der Waals surface area contributed by atoms with Gasteiger partial charge in [0.25, 0.3) is 5.56 Å². The molecule has 240 valence electrons. The number of aromatic nitrogens is 2. The van der Waals surface area contributed by atoms with Crippen LogP contribution in [0.25, 0.3) is 16.6 Å². The molecule has 0 aliphatic carbocycles. The smallest absolute Gasteiger partial charge is 0.357 e. The third kappa shape index (κ3) is 7.15. The van der Waals surface area contributed by atoms with Crippen molar-refractivity contribution in [3.8, 4) is 17.2 Å². The molecule has 9 nitrogen and oxygen atoms in total. The van der Waals surface area contributed by atoms with Crippen molar-refractivity contribution in [2.75, 3.05) is 25.6 Å². The van der Waals surface area contributed by atoms with Crippen LogP contribution in [0.2, 0.25) is 0 Å². The third-order valence-corrected chi connectivity index (χ3v) is 9.55. The summed E-state index contributed by atoms with van der Waals surface area (Å²) >= 11 is 0. The van der Waals surface area contributed by atoms with Crippen molar-refractivity contribution in [3.63, 3.8) is 0 Å². The van der Waals surface area contributed by atoms with Gasteiger partial charge >= 0.3 is 7.60 Å². The average Bonchev–Trinajstić information content (AvgIpc) is 3.03. The predicted molar refractivity (Wildman–Crippen MR) is 178 cm³/mol. The molecule has 5 aromatic rings. The van der Waals surface area contributed by atoms with Gasteiger partial charge in [0.1, 0.15) is 12.4 Å². The largest absolute Gasteiger partial charge is 0.493 e. The summed E-state index contributed by atoms with van der Waals surface area (Å²) in [6, 6.07) is 23.8. The van der Waals surface area contributed by atoms with Crippen LogP contribution in [0.15, 0.2) is 89.7 Å². The lowest BCUT2D eigenvalue weighted by atomic mass is 10.1. The molecular weight excluding hydrogens is 608 g/mol. The third-order valence-electron chi connectivity index (χ3n) is 7.25. The van der Waals surface area contributed by atoms with Gasteiger partial charge in [-0.2, -0.15) is 0 Å². The van der Waals surface area contributed by atoms with E-state index in [2.05, 4.69) is 11.4 Å². The molecule has 0 bridgehead atoms. The Hall–Kier alpha value is -4.50. The number of aryl methyl sites for hydroxylation is 2. The Morgan fingerprint density at radius 1 is 0.891 bits per heavy atom. The molecule has 1 atom stereocenters. The van der Waals surface area contributed by atoms with Crippen LogP contribution in [0.3, 0.4) is 0 Å². The maximum Gasteiger partial charge on any atom is 0.357 e. The van der Waals surface area contributed by atoms with Gasteiger partial charge < -0.3 is 23.8 Å². The van der Waals surface area contributed by atoms with Crippen molar-refractivity contribution in [1.29, 1.82) is 0 Å². The van der Waals surface area contributed by atoms with E-state index in [0.29, 0.717) is 39.5 Å². The zero-order chi connectivity index (χ0) is 32.8. The number of anilines is 1. The average molecular weight is 646 g/mol. The van der Waals surface area contributed by atoms with Crippen LogP contribution in [0.5, 0.6) is 11.5 Å². The molecule has 4 aromatic carbocycles.